The number of carbonyl (C=O) groups is 1. The molecule has 3 aromatic rings. The molecule has 126 valence electrons. The molecule has 0 atom stereocenters. The summed E-state index contributed by atoms with van der Waals surface area (Å²) < 4.78 is 6.37. The highest BCUT2D eigenvalue weighted by molar-refractivity contribution is 9.10. The minimum atomic E-state index is -0.548. The third-order valence-corrected chi connectivity index (χ3v) is 4.71. The standard InChI is InChI=1S/C16H10BrN3O4S/c17-10-4-15(25-9-10)16(21)19-11-5-12(20(22)23)7-14(6-11)24-13-2-1-3-18-8-13/h1-9H,(H,19,21). The second-order valence-corrected chi connectivity index (χ2v) is 6.67. The van der Waals surface area contributed by atoms with Gasteiger partial charge in [0.25, 0.3) is 11.6 Å². The van der Waals surface area contributed by atoms with Gasteiger partial charge >= 0.3 is 0 Å². The van der Waals surface area contributed by atoms with Crippen LogP contribution in [0, 0.1) is 10.1 Å². The molecule has 9 heteroatoms. The summed E-state index contributed by atoms with van der Waals surface area (Å²) in [5.41, 5.74) is 0.0756. The van der Waals surface area contributed by atoms with Gasteiger partial charge in [0.15, 0.2) is 0 Å². The van der Waals surface area contributed by atoms with E-state index in [1.165, 1.54) is 35.7 Å². The molecule has 7 nitrogen and oxygen atoms in total. The molecular formula is C16H10BrN3O4S. The average Bonchev–Trinajstić information content (AvgIpc) is 3.02. The van der Waals surface area contributed by atoms with E-state index >= 15 is 0 Å². The number of amides is 1. The first kappa shape index (κ1) is 17.1. The molecule has 0 aliphatic carbocycles. The van der Waals surface area contributed by atoms with Crippen molar-refractivity contribution in [2.24, 2.45) is 0 Å². The van der Waals surface area contributed by atoms with Crippen molar-refractivity contribution < 1.29 is 14.5 Å². The molecule has 1 amide bonds. The van der Waals surface area contributed by atoms with Crippen LogP contribution in [0.4, 0.5) is 11.4 Å². The first-order valence-electron chi connectivity index (χ1n) is 6.94. The number of hydrogen-bond acceptors (Lipinski definition) is 6. The van der Waals surface area contributed by atoms with E-state index in [4.69, 9.17) is 4.74 Å². The zero-order valence-electron chi connectivity index (χ0n) is 12.5. The third-order valence-electron chi connectivity index (χ3n) is 3.02. The highest BCUT2D eigenvalue weighted by Gasteiger charge is 2.15. The van der Waals surface area contributed by atoms with Crippen LogP contribution >= 0.6 is 27.3 Å². The summed E-state index contributed by atoms with van der Waals surface area (Å²) in [5, 5.41) is 15.6. The molecule has 1 aromatic carbocycles. The fraction of sp³-hybridized carbons (Fsp3) is 0. The minimum Gasteiger partial charge on any atom is -0.455 e. The normalized spacial score (nSPS) is 10.3. The van der Waals surface area contributed by atoms with E-state index in [9.17, 15) is 14.9 Å². The summed E-state index contributed by atoms with van der Waals surface area (Å²) >= 11 is 4.54. The topological polar surface area (TPSA) is 94.4 Å². The van der Waals surface area contributed by atoms with E-state index in [1.54, 1.807) is 29.8 Å². The van der Waals surface area contributed by atoms with E-state index in [-0.39, 0.29) is 23.0 Å². The van der Waals surface area contributed by atoms with Crippen LogP contribution < -0.4 is 10.1 Å². The lowest BCUT2D eigenvalue weighted by atomic mass is 10.2. The van der Waals surface area contributed by atoms with Crippen molar-refractivity contribution in [3.63, 3.8) is 0 Å². The number of nitro benzene ring substituents is 1. The Kier molecular flexibility index (Phi) is 5.05. The van der Waals surface area contributed by atoms with Gasteiger partial charge in [-0.1, -0.05) is 0 Å². The average molecular weight is 420 g/mol. The molecular weight excluding hydrogens is 410 g/mol. The van der Waals surface area contributed by atoms with Crippen molar-refractivity contribution in [2.75, 3.05) is 5.32 Å². The van der Waals surface area contributed by atoms with Crippen molar-refractivity contribution in [3.8, 4) is 11.5 Å². The van der Waals surface area contributed by atoms with Crippen LogP contribution in [0.3, 0.4) is 0 Å². The molecule has 0 bridgehead atoms. The maximum atomic E-state index is 12.2. The van der Waals surface area contributed by atoms with E-state index in [1.807, 2.05) is 0 Å². The van der Waals surface area contributed by atoms with Gasteiger partial charge in [0, 0.05) is 28.2 Å². The lowest BCUT2D eigenvalue weighted by Gasteiger charge is -2.08. The molecule has 0 fully saturated rings. The highest BCUT2D eigenvalue weighted by Crippen LogP contribution is 2.30. The number of ether oxygens (including phenoxy) is 1. The van der Waals surface area contributed by atoms with Crippen molar-refractivity contribution in [3.05, 3.63) is 73.6 Å². The van der Waals surface area contributed by atoms with Crippen LogP contribution in [-0.2, 0) is 0 Å². The van der Waals surface area contributed by atoms with E-state index in [2.05, 4.69) is 26.2 Å². The van der Waals surface area contributed by atoms with Gasteiger partial charge in [-0.25, -0.2) is 0 Å². The van der Waals surface area contributed by atoms with Crippen LogP contribution in [0.15, 0.2) is 58.6 Å². The monoisotopic (exact) mass is 419 g/mol. The lowest BCUT2D eigenvalue weighted by molar-refractivity contribution is -0.384. The van der Waals surface area contributed by atoms with Gasteiger partial charge < -0.3 is 10.1 Å². The fourth-order valence-electron chi connectivity index (χ4n) is 1.99. The number of nitro groups is 1. The van der Waals surface area contributed by atoms with E-state index in [0.29, 0.717) is 10.6 Å². The van der Waals surface area contributed by atoms with Crippen LogP contribution in [0.1, 0.15) is 9.67 Å². The van der Waals surface area contributed by atoms with E-state index in [0.717, 1.165) is 4.47 Å². The van der Waals surface area contributed by atoms with Gasteiger partial charge in [0.05, 0.1) is 27.8 Å². The Bertz CT molecular complexity index is 930. The number of halogens is 1. The molecule has 0 unspecified atom stereocenters. The number of benzene rings is 1. The number of nitrogens with zero attached hydrogens (tertiary/aromatic N) is 2. The Morgan fingerprint density at radius 3 is 2.76 bits per heavy atom. The SMILES string of the molecule is O=C(Nc1cc(Oc2cccnc2)cc([N+](=O)[O-])c1)c1cc(Br)cs1. The Hall–Kier alpha value is -2.78. The second kappa shape index (κ2) is 7.41. The Morgan fingerprint density at radius 2 is 2.12 bits per heavy atom. The number of aromatic nitrogens is 1. The number of rotatable bonds is 5. The maximum absolute atomic E-state index is 12.2. The lowest BCUT2D eigenvalue weighted by Crippen LogP contribution is -2.10. The molecule has 0 aliphatic heterocycles. The van der Waals surface area contributed by atoms with Gasteiger partial charge in [-0.2, -0.15) is 0 Å². The molecule has 0 saturated heterocycles. The Labute approximate surface area is 154 Å². The molecule has 2 aromatic heterocycles. The van der Waals surface area contributed by atoms with Crippen LogP contribution in [0.25, 0.3) is 0 Å². The molecule has 0 spiro atoms. The fourth-order valence-corrected chi connectivity index (χ4v) is 3.31. The highest BCUT2D eigenvalue weighted by atomic mass is 79.9. The third kappa shape index (κ3) is 4.40. The Balaban J connectivity index is 1.87. The maximum Gasteiger partial charge on any atom is 0.275 e. The largest absolute Gasteiger partial charge is 0.455 e. The number of pyridine rings is 1. The number of hydrogen-bond donors (Lipinski definition) is 1. The zero-order chi connectivity index (χ0) is 17.8. The van der Waals surface area contributed by atoms with Crippen LogP contribution in [0.2, 0.25) is 0 Å². The van der Waals surface area contributed by atoms with Crippen LogP contribution in [-0.4, -0.2) is 15.8 Å². The summed E-state index contributed by atoms with van der Waals surface area (Å²) in [7, 11) is 0. The number of thiophene rings is 1. The molecule has 3 rings (SSSR count). The molecule has 0 aliphatic rings. The van der Waals surface area contributed by atoms with Crippen molar-refractivity contribution in [1.29, 1.82) is 0 Å². The van der Waals surface area contributed by atoms with Crippen molar-refractivity contribution in [2.45, 2.75) is 0 Å². The zero-order valence-corrected chi connectivity index (χ0v) is 14.9. The number of anilines is 1. The Morgan fingerprint density at radius 1 is 1.28 bits per heavy atom. The molecule has 0 saturated carbocycles. The van der Waals surface area contributed by atoms with Crippen LogP contribution in [0.5, 0.6) is 11.5 Å². The summed E-state index contributed by atoms with van der Waals surface area (Å²) in [6, 6.07) is 9.10. The van der Waals surface area contributed by atoms with Gasteiger partial charge in [-0.05, 0) is 34.1 Å². The second-order valence-electron chi connectivity index (χ2n) is 4.85. The van der Waals surface area contributed by atoms with Crippen molar-refractivity contribution >= 4 is 44.5 Å². The smallest absolute Gasteiger partial charge is 0.275 e. The first-order chi connectivity index (χ1) is 12.0. The van der Waals surface area contributed by atoms with Gasteiger partial charge in [0.1, 0.15) is 11.5 Å². The number of carbonyl (C=O) groups excluding carboxylic acids is 1. The predicted molar refractivity (Wildman–Crippen MR) is 97.4 cm³/mol. The van der Waals surface area contributed by atoms with Crippen molar-refractivity contribution in [1.82, 2.24) is 4.98 Å². The van der Waals surface area contributed by atoms with E-state index < -0.39 is 4.92 Å². The van der Waals surface area contributed by atoms with Gasteiger partial charge in [-0.3, -0.25) is 19.9 Å². The summed E-state index contributed by atoms with van der Waals surface area (Å²) in [4.78, 5) is 27.2. The molecule has 25 heavy (non-hydrogen) atoms. The molecule has 0 radical (unpaired) electrons. The summed E-state index contributed by atoms with van der Waals surface area (Å²) in [6.07, 6.45) is 3.07. The number of nitrogens with one attached hydrogen (secondary N) is 1. The number of non-ortho nitro benzene ring substituents is 1. The summed E-state index contributed by atoms with van der Waals surface area (Å²) in [6.45, 7) is 0. The first-order valence-corrected chi connectivity index (χ1v) is 8.61. The molecule has 1 N–H and O–H groups in total. The van der Waals surface area contributed by atoms with Gasteiger partial charge in [-0.15, -0.1) is 11.3 Å². The predicted octanol–water partition coefficient (Wildman–Crippen LogP) is 4.86. The minimum absolute atomic E-state index is 0.191. The summed E-state index contributed by atoms with van der Waals surface area (Å²) in [5.74, 6) is 0.302. The molecule has 2 heterocycles. The van der Waals surface area contributed by atoms with Gasteiger partial charge in [0.2, 0.25) is 0 Å². The quantitative estimate of drug-likeness (QED) is 0.470.